The topological polar surface area (TPSA) is 54.3 Å². The smallest absolute Gasteiger partial charge is 0.242 e. The lowest BCUT2D eigenvalue weighted by Crippen LogP contribution is -2.43. The summed E-state index contributed by atoms with van der Waals surface area (Å²) in [5.41, 5.74) is 1.77. The second-order valence-electron chi connectivity index (χ2n) is 5.18. The van der Waals surface area contributed by atoms with Gasteiger partial charge in [0.1, 0.15) is 0 Å². The molecule has 0 bridgehead atoms. The van der Waals surface area contributed by atoms with Crippen molar-refractivity contribution in [1.82, 2.24) is 9.29 Å². The Kier molecular flexibility index (Phi) is 3.98. The van der Waals surface area contributed by atoms with Gasteiger partial charge in [-0.25, -0.2) is 8.42 Å². The lowest BCUT2D eigenvalue weighted by Gasteiger charge is -2.28. The first kappa shape index (κ1) is 14.2. The van der Waals surface area contributed by atoms with E-state index in [4.69, 9.17) is 0 Å². The van der Waals surface area contributed by atoms with E-state index in [9.17, 15) is 8.42 Å². The van der Waals surface area contributed by atoms with Crippen LogP contribution in [-0.2, 0) is 15.8 Å². The van der Waals surface area contributed by atoms with Gasteiger partial charge in [-0.15, -0.1) is 0 Å². The molecule has 0 spiro atoms. The van der Waals surface area contributed by atoms with Crippen molar-refractivity contribution in [3.63, 3.8) is 0 Å². The zero-order valence-electron chi connectivity index (χ0n) is 11.8. The molecule has 0 atom stereocenters. The van der Waals surface area contributed by atoms with Gasteiger partial charge in [-0.3, -0.25) is 3.97 Å². The predicted molar refractivity (Wildman–Crippen MR) is 84.0 cm³/mol. The summed E-state index contributed by atoms with van der Waals surface area (Å²) in [7, 11) is -3.36. The molecule has 5 nitrogen and oxygen atoms in total. The quantitative estimate of drug-likeness (QED) is 0.924. The standard InChI is InChI=1S/C15H19N3O2S/c19-21(20,13-14-4-2-1-3-5-14)18-9-6-15(12-18)17-10-7-16-8-11-17/h1-6,9,12,16H,7-8,10-11,13H2. The maximum atomic E-state index is 12.4. The molecular formula is C15H19N3O2S. The molecule has 6 heteroatoms. The van der Waals surface area contributed by atoms with E-state index in [0.717, 1.165) is 37.4 Å². The highest BCUT2D eigenvalue weighted by Gasteiger charge is 2.17. The van der Waals surface area contributed by atoms with Crippen LogP contribution in [0.25, 0.3) is 0 Å². The lowest BCUT2D eigenvalue weighted by atomic mass is 10.2. The number of hydrogen-bond acceptors (Lipinski definition) is 4. The van der Waals surface area contributed by atoms with Gasteiger partial charge in [-0.05, 0) is 11.6 Å². The number of hydrogen-bond donors (Lipinski definition) is 1. The van der Waals surface area contributed by atoms with E-state index in [0.29, 0.717) is 0 Å². The van der Waals surface area contributed by atoms with Crippen molar-refractivity contribution < 1.29 is 8.42 Å². The van der Waals surface area contributed by atoms with Crippen molar-refractivity contribution in [2.45, 2.75) is 5.75 Å². The minimum atomic E-state index is -3.36. The molecule has 0 saturated carbocycles. The van der Waals surface area contributed by atoms with Gasteiger partial charge in [-0.2, -0.15) is 0 Å². The third-order valence-corrected chi connectivity index (χ3v) is 5.21. The van der Waals surface area contributed by atoms with Crippen molar-refractivity contribution in [1.29, 1.82) is 0 Å². The minimum Gasteiger partial charge on any atom is -0.368 e. The molecule has 2 heterocycles. The monoisotopic (exact) mass is 305 g/mol. The van der Waals surface area contributed by atoms with Crippen molar-refractivity contribution in [2.75, 3.05) is 31.1 Å². The molecule has 0 amide bonds. The Labute approximate surface area is 125 Å². The summed E-state index contributed by atoms with van der Waals surface area (Å²) in [5.74, 6) is 0.0174. The molecule has 21 heavy (non-hydrogen) atoms. The van der Waals surface area contributed by atoms with Crippen molar-refractivity contribution in [2.24, 2.45) is 0 Å². The van der Waals surface area contributed by atoms with Crippen LogP contribution in [0.5, 0.6) is 0 Å². The molecule has 1 aliphatic rings. The average molecular weight is 305 g/mol. The summed E-state index contributed by atoms with van der Waals surface area (Å²) < 4.78 is 26.2. The predicted octanol–water partition coefficient (Wildman–Crippen LogP) is 1.28. The molecule has 1 saturated heterocycles. The van der Waals surface area contributed by atoms with E-state index in [2.05, 4.69) is 10.2 Å². The highest BCUT2D eigenvalue weighted by atomic mass is 32.2. The molecule has 0 aliphatic carbocycles. The van der Waals surface area contributed by atoms with Gasteiger partial charge in [0.05, 0.1) is 11.4 Å². The molecule has 112 valence electrons. The first-order chi connectivity index (χ1) is 10.1. The Morgan fingerprint density at radius 3 is 2.48 bits per heavy atom. The summed E-state index contributed by atoms with van der Waals surface area (Å²) in [5, 5.41) is 3.29. The van der Waals surface area contributed by atoms with Crippen LogP contribution in [0, 0.1) is 0 Å². The summed E-state index contributed by atoms with van der Waals surface area (Å²) in [4.78, 5) is 2.20. The molecule has 1 aliphatic heterocycles. The van der Waals surface area contributed by atoms with Gasteiger partial charge in [0.15, 0.2) is 0 Å². The third-order valence-electron chi connectivity index (χ3n) is 3.65. The highest BCUT2D eigenvalue weighted by Crippen LogP contribution is 2.18. The fourth-order valence-corrected chi connectivity index (χ4v) is 3.79. The summed E-state index contributed by atoms with van der Waals surface area (Å²) in [6, 6.07) is 11.1. The Bertz CT molecular complexity index is 689. The Morgan fingerprint density at radius 2 is 1.76 bits per heavy atom. The van der Waals surface area contributed by atoms with Gasteiger partial charge in [0.25, 0.3) is 0 Å². The molecule has 1 aromatic carbocycles. The van der Waals surface area contributed by atoms with E-state index in [-0.39, 0.29) is 5.75 Å². The Hall–Kier alpha value is -1.79. The summed E-state index contributed by atoms with van der Waals surface area (Å²) in [6.07, 6.45) is 3.35. The van der Waals surface area contributed by atoms with Crippen LogP contribution in [0.2, 0.25) is 0 Å². The number of rotatable bonds is 4. The van der Waals surface area contributed by atoms with Crippen LogP contribution in [-0.4, -0.2) is 38.6 Å². The summed E-state index contributed by atoms with van der Waals surface area (Å²) >= 11 is 0. The SMILES string of the molecule is O=S(=O)(Cc1ccccc1)n1ccc(N2CCNCC2)c1. The van der Waals surface area contributed by atoms with Crippen LogP contribution in [0.1, 0.15) is 5.56 Å². The van der Waals surface area contributed by atoms with Crippen molar-refractivity contribution in [3.05, 3.63) is 54.4 Å². The van der Waals surface area contributed by atoms with Crippen LogP contribution in [0.4, 0.5) is 5.69 Å². The van der Waals surface area contributed by atoms with Gasteiger partial charge in [-0.1, -0.05) is 30.3 Å². The molecule has 3 rings (SSSR count). The second kappa shape index (κ2) is 5.91. The normalized spacial score (nSPS) is 16.1. The van der Waals surface area contributed by atoms with Gasteiger partial charge in [0.2, 0.25) is 10.0 Å². The van der Waals surface area contributed by atoms with Crippen LogP contribution in [0.15, 0.2) is 48.8 Å². The molecule has 0 unspecified atom stereocenters. The lowest BCUT2D eigenvalue weighted by molar-refractivity contribution is 0.584. The number of piperazine rings is 1. The van der Waals surface area contributed by atoms with E-state index in [1.165, 1.54) is 3.97 Å². The number of anilines is 1. The summed E-state index contributed by atoms with van der Waals surface area (Å²) in [6.45, 7) is 3.68. The Balaban J connectivity index is 1.78. The van der Waals surface area contributed by atoms with E-state index in [1.54, 1.807) is 12.4 Å². The van der Waals surface area contributed by atoms with E-state index >= 15 is 0 Å². The van der Waals surface area contributed by atoms with E-state index in [1.807, 2.05) is 36.4 Å². The minimum absolute atomic E-state index is 0.0174. The molecule has 2 aromatic rings. The van der Waals surface area contributed by atoms with Crippen molar-refractivity contribution in [3.8, 4) is 0 Å². The number of nitrogens with one attached hydrogen (secondary N) is 1. The van der Waals surface area contributed by atoms with Gasteiger partial charge < -0.3 is 10.2 Å². The number of nitrogens with zero attached hydrogens (tertiary/aromatic N) is 2. The van der Waals surface area contributed by atoms with Crippen molar-refractivity contribution >= 4 is 15.7 Å². The fraction of sp³-hybridized carbons (Fsp3) is 0.333. The molecular weight excluding hydrogens is 286 g/mol. The highest BCUT2D eigenvalue weighted by molar-refractivity contribution is 7.89. The fourth-order valence-electron chi connectivity index (χ4n) is 2.51. The van der Waals surface area contributed by atoms with Gasteiger partial charge >= 0.3 is 0 Å². The molecule has 1 fully saturated rings. The Morgan fingerprint density at radius 1 is 1.05 bits per heavy atom. The maximum absolute atomic E-state index is 12.4. The van der Waals surface area contributed by atoms with E-state index < -0.39 is 10.0 Å². The van der Waals surface area contributed by atoms with Gasteiger partial charge in [0, 0.05) is 38.6 Å². The maximum Gasteiger partial charge on any atom is 0.242 e. The average Bonchev–Trinajstić information content (AvgIpc) is 2.99. The second-order valence-corrected chi connectivity index (χ2v) is 7.05. The van der Waals surface area contributed by atoms with Crippen LogP contribution >= 0.6 is 0 Å². The molecule has 1 aromatic heterocycles. The first-order valence-electron chi connectivity index (χ1n) is 7.06. The molecule has 0 radical (unpaired) electrons. The number of benzene rings is 1. The van der Waals surface area contributed by atoms with Crippen LogP contribution in [0.3, 0.4) is 0 Å². The van der Waals surface area contributed by atoms with Crippen LogP contribution < -0.4 is 10.2 Å². The largest absolute Gasteiger partial charge is 0.368 e. The number of aromatic nitrogens is 1. The zero-order valence-corrected chi connectivity index (χ0v) is 12.6. The molecule has 1 N–H and O–H groups in total. The first-order valence-corrected chi connectivity index (χ1v) is 8.67. The third kappa shape index (κ3) is 3.28. The zero-order chi connectivity index (χ0) is 14.7.